The van der Waals surface area contributed by atoms with Crippen LogP contribution in [0.3, 0.4) is 0 Å². The average Bonchev–Trinajstić information content (AvgIpc) is 2.50. The maximum absolute atomic E-state index is 5.83. The van der Waals surface area contributed by atoms with Crippen LogP contribution in [-0.4, -0.2) is 18.1 Å². The zero-order valence-corrected chi connectivity index (χ0v) is 8.60. The average molecular weight is 189 g/mol. The highest BCUT2D eigenvalue weighted by molar-refractivity contribution is 6.21. The van der Waals surface area contributed by atoms with Crippen LogP contribution in [0, 0.1) is 0 Å². The molecule has 1 nitrogen and oxygen atoms in total. The van der Waals surface area contributed by atoms with Gasteiger partial charge in [-0.2, -0.15) is 0 Å². The van der Waals surface area contributed by atoms with E-state index < -0.39 is 0 Å². The molecule has 2 heteroatoms. The first-order valence-corrected chi connectivity index (χ1v) is 5.01. The Bertz CT molecular complexity index is 157. The van der Waals surface area contributed by atoms with Crippen molar-refractivity contribution in [3.63, 3.8) is 0 Å². The standard InChI is InChI=1S/C10H17ClO/c1-9(11)5-8-10(12-2)6-3-4-7-10/h5,8-9H,3-4,6-7H2,1-2H3/b8-5+. The number of hydrogen-bond donors (Lipinski definition) is 0. The van der Waals surface area contributed by atoms with Crippen molar-refractivity contribution >= 4 is 11.6 Å². The molecule has 1 aliphatic rings. The van der Waals surface area contributed by atoms with Crippen molar-refractivity contribution in [3.05, 3.63) is 12.2 Å². The lowest BCUT2D eigenvalue weighted by Gasteiger charge is -2.23. The van der Waals surface area contributed by atoms with E-state index in [2.05, 4.69) is 6.08 Å². The topological polar surface area (TPSA) is 9.23 Å². The maximum Gasteiger partial charge on any atom is 0.0859 e. The molecule has 0 aromatic carbocycles. The number of ether oxygens (including phenoxy) is 1. The Balaban J connectivity index is 2.55. The monoisotopic (exact) mass is 188 g/mol. The minimum Gasteiger partial charge on any atom is -0.374 e. The Morgan fingerprint density at radius 2 is 2.00 bits per heavy atom. The normalized spacial score (nSPS) is 24.9. The molecule has 70 valence electrons. The molecule has 0 aromatic heterocycles. The van der Waals surface area contributed by atoms with Crippen LogP contribution in [0.5, 0.6) is 0 Å². The first-order chi connectivity index (χ1) is 5.68. The van der Waals surface area contributed by atoms with Gasteiger partial charge in [-0.3, -0.25) is 0 Å². The summed E-state index contributed by atoms with van der Waals surface area (Å²) in [5.41, 5.74) is 0.00313. The zero-order valence-electron chi connectivity index (χ0n) is 7.85. The Labute approximate surface area is 79.7 Å². The van der Waals surface area contributed by atoms with E-state index in [-0.39, 0.29) is 11.0 Å². The van der Waals surface area contributed by atoms with Gasteiger partial charge in [-0.25, -0.2) is 0 Å². The maximum atomic E-state index is 5.83. The van der Waals surface area contributed by atoms with Crippen molar-refractivity contribution in [1.82, 2.24) is 0 Å². The van der Waals surface area contributed by atoms with E-state index in [4.69, 9.17) is 16.3 Å². The third kappa shape index (κ3) is 2.49. The molecule has 1 rings (SSSR count). The summed E-state index contributed by atoms with van der Waals surface area (Å²) in [5.74, 6) is 0. The fourth-order valence-corrected chi connectivity index (χ4v) is 1.79. The van der Waals surface area contributed by atoms with Crippen molar-refractivity contribution in [2.75, 3.05) is 7.11 Å². The van der Waals surface area contributed by atoms with Gasteiger partial charge in [0.1, 0.15) is 0 Å². The molecule has 0 aliphatic heterocycles. The lowest BCUT2D eigenvalue weighted by molar-refractivity contribution is 0.0386. The van der Waals surface area contributed by atoms with E-state index in [9.17, 15) is 0 Å². The number of alkyl halides is 1. The van der Waals surface area contributed by atoms with Crippen LogP contribution in [0.25, 0.3) is 0 Å². The fourth-order valence-electron chi connectivity index (χ4n) is 1.72. The lowest BCUT2D eigenvalue weighted by Crippen LogP contribution is -2.24. The van der Waals surface area contributed by atoms with Gasteiger partial charge in [0.2, 0.25) is 0 Å². The summed E-state index contributed by atoms with van der Waals surface area (Å²) in [5, 5.41) is 0.109. The largest absolute Gasteiger partial charge is 0.374 e. The summed E-state index contributed by atoms with van der Waals surface area (Å²) in [7, 11) is 1.79. The highest BCUT2D eigenvalue weighted by Gasteiger charge is 2.30. The highest BCUT2D eigenvalue weighted by atomic mass is 35.5. The van der Waals surface area contributed by atoms with Gasteiger partial charge in [0, 0.05) is 12.5 Å². The number of hydrogen-bond acceptors (Lipinski definition) is 1. The summed E-state index contributed by atoms with van der Waals surface area (Å²) < 4.78 is 5.50. The van der Waals surface area contributed by atoms with Crippen molar-refractivity contribution in [2.24, 2.45) is 0 Å². The lowest BCUT2D eigenvalue weighted by atomic mass is 10.0. The molecular formula is C10H17ClO. The third-order valence-electron chi connectivity index (χ3n) is 2.52. The molecule has 0 heterocycles. The van der Waals surface area contributed by atoms with Crippen molar-refractivity contribution in [3.8, 4) is 0 Å². The minimum atomic E-state index is 0.00313. The fraction of sp³-hybridized carbons (Fsp3) is 0.800. The van der Waals surface area contributed by atoms with E-state index in [0.29, 0.717) is 0 Å². The Morgan fingerprint density at radius 3 is 2.42 bits per heavy atom. The highest BCUT2D eigenvalue weighted by Crippen LogP contribution is 2.33. The number of methoxy groups -OCH3 is 1. The predicted molar refractivity (Wildman–Crippen MR) is 52.7 cm³/mol. The van der Waals surface area contributed by atoms with Gasteiger partial charge in [0.15, 0.2) is 0 Å². The van der Waals surface area contributed by atoms with Crippen molar-refractivity contribution < 1.29 is 4.74 Å². The molecule has 0 amide bonds. The van der Waals surface area contributed by atoms with Gasteiger partial charge in [0.25, 0.3) is 0 Å². The van der Waals surface area contributed by atoms with E-state index in [0.717, 1.165) is 12.8 Å². The van der Waals surface area contributed by atoms with Gasteiger partial charge in [-0.05, 0) is 19.8 Å². The predicted octanol–water partition coefficient (Wildman–Crippen LogP) is 3.13. The molecule has 1 saturated carbocycles. The second-order valence-electron chi connectivity index (χ2n) is 3.51. The summed E-state index contributed by atoms with van der Waals surface area (Å²) in [6, 6.07) is 0. The van der Waals surface area contributed by atoms with Gasteiger partial charge < -0.3 is 4.74 Å². The van der Waals surface area contributed by atoms with E-state index in [1.807, 2.05) is 13.0 Å². The van der Waals surface area contributed by atoms with E-state index in [1.54, 1.807) is 7.11 Å². The van der Waals surface area contributed by atoms with Gasteiger partial charge in [-0.15, -0.1) is 11.6 Å². The third-order valence-corrected chi connectivity index (χ3v) is 2.67. The molecule has 0 radical (unpaired) electrons. The molecule has 1 atom stereocenters. The molecule has 0 spiro atoms. The van der Waals surface area contributed by atoms with Crippen LogP contribution < -0.4 is 0 Å². The smallest absolute Gasteiger partial charge is 0.0859 e. The van der Waals surface area contributed by atoms with E-state index >= 15 is 0 Å². The van der Waals surface area contributed by atoms with Crippen LogP contribution in [-0.2, 0) is 4.74 Å². The van der Waals surface area contributed by atoms with Crippen molar-refractivity contribution in [2.45, 2.75) is 43.6 Å². The first-order valence-electron chi connectivity index (χ1n) is 4.57. The molecule has 12 heavy (non-hydrogen) atoms. The van der Waals surface area contributed by atoms with Gasteiger partial charge >= 0.3 is 0 Å². The SMILES string of the molecule is COC1(/C=C/C(C)Cl)CCCC1. The quantitative estimate of drug-likeness (QED) is 0.489. The summed E-state index contributed by atoms with van der Waals surface area (Å²) in [4.78, 5) is 0. The Kier molecular flexibility index (Phi) is 3.60. The molecule has 0 N–H and O–H groups in total. The van der Waals surface area contributed by atoms with Crippen LogP contribution in [0.4, 0.5) is 0 Å². The number of rotatable bonds is 3. The molecular weight excluding hydrogens is 172 g/mol. The molecule has 0 saturated heterocycles. The van der Waals surface area contributed by atoms with Crippen molar-refractivity contribution in [1.29, 1.82) is 0 Å². The van der Waals surface area contributed by atoms with E-state index in [1.165, 1.54) is 12.8 Å². The summed E-state index contributed by atoms with van der Waals surface area (Å²) >= 11 is 5.83. The Hall–Kier alpha value is -0.0100. The minimum absolute atomic E-state index is 0.00313. The molecule has 1 aliphatic carbocycles. The van der Waals surface area contributed by atoms with Crippen LogP contribution in [0.2, 0.25) is 0 Å². The zero-order chi connectivity index (χ0) is 9.03. The molecule has 0 aromatic rings. The number of halogens is 1. The van der Waals surface area contributed by atoms with Crippen LogP contribution in [0.15, 0.2) is 12.2 Å². The molecule has 1 fully saturated rings. The van der Waals surface area contributed by atoms with Gasteiger partial charge in [0.05, 0.1) is 5.60 Å². The summed E-state index contributed by atoms with van der Waals surface area (Å²) in [6.45, 7) is 1.97. The molecule has 0 bridgehead atoms. The van der Waals surface area contributed by atoms with Gasteiger partial charge in [-0.1, -0.05) is 25.0 Å². The Morgan fingerprint density at radius 1 is 1.42 bits per heavy atom. The summed E-state index contributed by atoms with van der Waals surface area (Å²) in [6.07, 6.45) is 8.99. The second kappa shape index (κ2) is 4.29. The second-order valence-corrected chi connectivity index (χ2v) is 4.20. The number of allylic oxidation sites excluding steroid dienone is 1. The molecule has 1 unspecified atom stereocenters. The van der Waals surface area contributed by atoms with Crippen LogP contribution in [0.1, 0.15) is 32.6 Å². The first kappa shape index (κ1) is 10.1. The van der Waals surface area contributed by atoms with Crippen LogP contribution >= 0.6 is 11.6 Å².